The van der Waals surface area contributed by atoms with E-state index in [0.717, 1.165) is 0 Å². The number of aromatic carboxylic acids is 1. The number of hydrogen-bond donors (Lipinski definition) is 1. The number of carbonyl (C=O) groups is 3. The first-order chi connectivity index (χ1) is 11.5. The number of rotatable bonds is 4. The van der Waals surface area contributed by atoms with Crippen molar-refractivity contribution in [3.8, 4) is 0 Å². The van der Waals surface area contributed by atoms with Gasteiger partial charge in [0.25, 0.3) is 5.91 Å². The first-order valence-electron chi connectivity index (χ1n) is 8.14. The second-order valence-corrected chi connectivity index (χ2v) is 5.62. The molecule has 1 aromatic rings. The number of amides is 3. The van der Waals surface area contributed by atoms with E-state index in [1.165, 1.54) is 24.3 Å². The van der Waals surface area contributed by atoms with Gasteiger partial charge in [-0.15, -0.1) is 0 Å². The summed E-state index contributed by atoms with van der Waals surface area (Å²) in [6.45, 7) is 7.21. The number of nitrogens with zero attached hydrogens (tertiary/aromatic N) is 3. The van der Waals surface area contributed by atoms with Crippen LogP contribution >= 0.6 is 0 Å². The molecule has 1 saturated heterocycles. The molecule has 0 aromatic heterocycles. The van der Waals surface area contributed by atoms with Crippen LogP contribution in [0.2, 0.25) is 0 Å². The van der Waals surface area contributed by atoms with Gasteiger partial charge in [-0.25, -0.2) is 9.59 Å². The fourth-order valence-corrected chi connectivity index (χ4v) is 2.73. The first kappa shape index (κ1) is 17.8. The van der Waals surface area contributed by atoms with Crippen molar-refractivity contribution in [1.29, 1.82) is 0 Å². The molecule has 1 fully saturated rings. The number of carboxylic acids is 1. The average molecular weight is 333 g/mol. The molecule has 1 aliphatic heterocycles. The van der Waals surface area contributed by atoms with E-state index >= 15 is 0 Å². The lowest BCUT2D eigenvalue weighted by molar-refractivity contribution is 0.0639. The van der Waals surface area contributed by atoms with Gasteiger partial charge in [0.1, 0.15) is 0 Å². The van der Waals surface area contributed by atoms with E-state index in [9.17, 15) is 14.4 Å². The third-order valence-corrected chi connectivity index (χ3v) is 4.25. The summed E-state index contributed by atoms with van der Waals surface area (Å²) in [4.78, 5) is 40.9. The molecule has 0 aliphatic carbocycles. The van der Waals surface area contributed by atoms with E-state index in [-0.39, 0.29) is 17.5 Å². The highest BCUT2D eigenvalue weighted by molar-refractivity contribution is 5.96. The van der Waals surface area contributed by atoms with E-state index in [1.807, 2.05) is 13.8 Å². The molecule has 0 spiro atoms. The van der Waals surface area contributed by atoms with Crippen LogP contribution in [0.3, 0.4) is 0 Å². The smallest absolute Gasteiger partial charge is 0.335 e. The molecule has 1 heterocycles. The third kappa shape index (κ3) is 3.84. The largest absolute Gasteiger partial charge is 0.478 e. The zero-order valence-electron chi connectivity index (χ0n) is 14.1. The molecule has 0 bridgehead atoms. The van der Waals surface area contributed by atoms with Crippen molar-refractivity contribution in [1.82, 2.24) is 14.7 Å². The second-order valence-electron chi connectivity index (χ2n) is 5.62. The van der Waals surface area contributed by atoms with Crippen molar-refractivity contribution < 1.29 is 19.5 Å². The monoisotopic (exact) mass is 333 g/mol. The molecule has 1 N–H and O–H groups in total. The summed E-state index contributed by atoms with van der Waals surface area (Å²) in [5.74, 6) is -1.15. The molecule has 0 atom stereocenters. The summed E-state index contributed by atoms with van der Waals surface area (Å²) in [6, 6.07) is 5.92. The molecule has 3 amide bonds. The van der Waals surface area contributed by atoms with Gasteiger partial charge in [0.15, 0.2) is 0 Å². The molecule has 0 unspecified atom stereocenters. The highest BCUT2D eigenvalue weighted by Crippen LogP contribution is 2.12. The molecule has 0 radical (unpaired) electrons. The van der Waals surface area contributed by atoms with Crippen molar-refractivity contribution in [2.45, 2.75) is 13.8 Å². The molecule has 7 nitrogen and oxygen atoms in total. The summed E-state index contributed by atoms with van der Waals surface area (Å²) < 4.78 is 0. The normalized spacial score (nSPS) is 14.4. The SMILES string of the molecule is CCN(CC)C(=O)N1CCN(C(=O)c2ccc(C(=O)O)cc2)CC1. The van der Waals surface area contributed by atoms with Crippen LogP contribution < -0.4 is 0 Å². The van der Waals surface area contributed by atoms with Crippen molar-refractivity contribution in [2.24, 2.45) is 0 Å². The van der Waals surface area contributed by atoms with Crippen LogP contribution in [0.1, 0.15) is 34.6 Å². The molecule has 2 rings (SSSR count). The fourth-order valence-electron chi connectivity index (χ4n) is 2.73. The molecule has 0 saturated carbocycles. The van der Waals surface area contributed by atoms with Gasteiger partial charge in [-0.05, 0) is 38.1 Å². The van der Waals surface area contributed by atoms with Gasteiger partial charge in [-0.2, -0.15) is 0 Å². The first-order valence-corrected chi connectivity index (χ1v) is 8.14. The molecule has 1 aliphatic rings. The Labute approximate surface area is 141 Å². The summed E-state index contributed by atoms with van der Waals surface area (Å²) in [7, 11) is 0. The maximum absolute atomic E-state index is 12.5. The summed E-state index contributed by atoms with van der Waals surface area (Å²) >= 11 is 0. The number of carbonyl (C=O) groups excluding carboxylic acids is 2. The van der Waals surface area contributed by atoms with Crippen LogP contribution in [0.5, 0.6) is 0 Å². The lowest BCUT2D eigenvalue weighted by atomic mass is 10.1. The Bertz CT molecular complexity index is 603. The number of piperazine rings is 1. The predicted octanol–water partition coefficient (Wildman–Crippen LogP) is 1.60. The number of benzene rings is 1. The quantitative estimate of drug-likeness (QED) is 0.907. The van der Waals surface area contributed by atoms with Crippen molar-refractivity contribution in [3.63, 3.8) is 0 Å². The molecule has 130 valence electrons. The zero-order chi connectivity index (χ0) is 17.7. The van der Waals surface area contributed by atoms with Gasteiger partial charge < -0.3 is 19.8 Å². The van der Waals surface area contributed by atoms with E-state index in [4.69, 9.17) is 5.11 Å². The van der Waals surface area contributed by atoms with Crippen LogP contribution in [0.25, 0.3) is 0 Å². The van der Waals surface area contributed by atoms with Gasteiger partial charge in [0.05, 0.1) is 5.56 Å². The average Bonchev–Trinajstić information content (AvgIpc) is 2.62. The van der Waals surface area contributed by atoms with E-state index in [0.29, 0.717) is 44.8 Å². The van der Waals surface area contributed by atoms with Gasteiger partial charge in [-0.3, -0.25) is 4.79 Å². The van der Waals surface area contributed by atoms with Gasteiger partial charge in [0, 0.05) is 44.8 Å². The Morgan fingerprint density at radius 2 is 1.38 bits per heavy atom. The van der Waals surface area contributed by atoms with E-state index in [2.05, 4.69) is 0 Å². The number of hydrogen-bond acceptors (Lipinski definition) is 3. The minimum atomic E-state index is -1.02. The van der Waals surface area contributed by atoms with Gasteiger partial charge in [-0.1, -0.05) is 0 Å². The van der Waals surface area contributed by atoms with Crippen LogP contribution in [-0.4, -0.2) is 77.0 Å². The maximum atomic E-state index is 12.5. The highest BCUT2D eigenvalue weighted by Gasteiger charge is 2.26. The van der Waals surface area contributed by atoms with Crippen LogP contribution in [0, 0.1) is 0 Å². The molecule has 7 heteroatoms. The second kappa shape index (κ2) is 7.81. The van der Waals surface area contributed by atoms with Gasteiger partial charge in [0.2, 0.25) is 0 Å². The lowest BCUT2D eigenvalue weighted by Gasteiger charge is -2.37. The minimum Gasteiger partial charge on any atom is -0.478 e. The van der Waals surface area contributed by atoms with Crippen molar-refractivity contribution >= 4 is 17.9 Å². The predicted molar refractivity (Wildman–Crippen MR) is 89.2 cm³/mol. The van der Waals surface area contributed by atoms with Gasteiger partial charge >= 0.3 is 12.0 Å². The van der Waals surface area contributed by atoms with Crippen LogP contribution in [0.4, 0.5) is 4.79 Å². The van der Waals surface area contributed by atoms with E-state index in [1.54, 1.807) is 14.7 Å². The number of carboxylic acid groups (broad SMARTS) is 1. The maximum Gasteiger partial charge on any atom is 0.335 e. The molecular weight excluding hydrogens is 310 g/mol. The third-order valence-electron chi connectivity index (χ3n) is 4.25. The van der Waals surface area contributed by atoms with Crippen LogP contribution in [0.15, 0.2) is 24.3 Å². The Balaban J connectivity index is 1.95. The highest BCUT2D eigenvalue weighted by atomic mass is 16.4. The summed E-state index contributed by atoms with van der Waals surface area (Å²) in [5, 5.41) is 8.89. The van der Waals surface area contributed by atoms with Crippen molar-refractivity contribution in [3.05, 3.63) is 35.4 Å². The summed E-state index contributed by atoms with van der Waals surface area (Å²) in [5.41, 5.74) is 0.615. The lowest BCUT2D eigenvalue weighted by Crippen LogP contribution is -2.54. The minimum absolute atomic E-state index is 0.0120. The van der Waals surface area contributed by atoms with E-state index < -0.39 is 5.97 Å². The Hall–Kier alpha value is -2.57. The fraction of sp³-hybridized carbons (Fsp3) is 0.471. The molecule has 24 heavy (non-hydrogen) atoms. The Morgan fingerprint density at radius 3 is 1.83 bits per heavy atom. The standard InChI is InChI=1S/C17H23N3O4/c1-3-18(4-2)17(24)20-11-9-19(10-12-20)15(21)13-5-7-14(8-6-13)16(22)23/h5-8H,3-4,9-12H2,1-2H3,(H,22,23). The van der Waals surface area contributed by atoms with Crippen LogP contribution in [-0.2, 0) is 0 Å². The molecule has 1 aromatic carbocycles. The van der Waals surface area contributed by atoms with Crippen molar-refractivity contribution in [2.75, 3.05) is 39.3 Å². The Morgan fingerprint density at radius 1 is 0.917 bits per heavy atom. The Kier molecular flexibility index (Phi) is 5.78. The molecular formula is C17H23N3O4. The number of urea groups is 1. The topological polar surface area (TPSA) is 81.2 Å². The zero-order valence-corrected chi connectivity index (χ0v) is 14.1. The summed E-state index contributed by atoms with van der Waals surface area (Å²) in [6.07, 6.45) is 0.